The summed E-state index contributed by atoms with van der Waals surface area (Å²) in [6.07, 6.45) is 7.95. The lowest BCUT2D eigenvalue weighted by Crippen LogP contribution is -2.14. The number of nitrogens with zero attached hydrogens (tertiary/aromatic N) is 1. The van der Waals surface area contributed by atoms with Crippen LogP contribution in [0.25, 0.3) is 0 Å². The number of amides is 1. The molecule has 1 aromatic rings. The van der Waals surface area contributed by atoms with E-state index in [4.69, 9.17) is 10.00 Å². The third-order valence-corrected chi connectivity index (χ3v) is 2.71. The summed E-state index contributed by atoms with van der Waals surface area (Å²) in [6, 6.07) is 11.2. The minimum Gasteiger partial charge on any atom is -0.449 e. The summed E-state index contributed by atoms with van der Waals surface area (Å²) in [4.78, 5) is 11.4. The minimum absolute atomic E-state index is 0.409. The Kier molecular flexibility index (Phi) is 8.38. The molecule has 0 aliphatic heterocycles. The number of hydrogen-bond donors (Lipinski definition) is 1. The number of nitriles is 1. The first-order chi connectivity index (χ1) is 9.83. The van der Waals surface area contributed by atoms with E-state index in [1.807, 2.05) is 42.5 Å². The molecule has 0 aromatic heterocycles. The van der Waals surface area contributed by atoms with Crippen molar-refractivity contribution in [1.82, 2.24) is 0 Å². The third kappa shape index (κ3) is 7.93. The van der Waals surface area contributed by atoms with Gasteiger partial charge in [-0.05, 0) is 31.4 Å². The molecule has 1 N–H and O–H groups in total. The van der Waals surface area contributed by atoms with Crippen LogP contribution in [0, 0.1) is 11.3 Å². The van der Waals surface area contributed by atoms with Gasteiger partial charge in [0.2, 0.25) is 0 Å². The number of ether oxygens (including phenoxy) is 1. The summed E-state index contributed by atoms with van der Waals surface area (Å²) in [7, 11) is 0. The van der Waals surface area contributed by atoms with Gasteiger partial charge in [0.05, 0.1) is 12.7 Å². The fourth-order valence-corrected chi connectivity index (χ4v) is 1.69. The van der Waals surface area contributed by atoms with E-state index in [-0.39, 0.29) is 0 Å². The number of para-hydroxylation sites is 1. The molecule has 0 radical (unpaired) electrons. The standard InChI is InChI=1S/C16H20N2O2/c17-13-9-4-2-1-3-5-10-14-20-16(19)18-15-11-7-6-8-12-15/h4,6-9,11-12H,1-3,5,10,14H2,(H,18,19)/b9-4+. The van der Waals surface area contributed by atoms with Gasteiger partial charge in [0.1, 0.15) is 0 Å². The molecule has 0 aliphatic carbocycles. The average Bonchev–Trinajstić information content (AvgIpc) is 2.46. The molecule has 4 nitrogen and oxygen atoms in total. The maximum atomic E-state index is 11.4. The molecule has 0 heterocycles. The van der Waals surface area contributed by atoms with Crippen molar-refractivity contribution in [2.75, 3.05) is 11.9 Å². The van der Waals surface area contributed by atoms with E-state index in [9.17, 15) is 4.79 Å². The van der Waals surface area contributed by atoms with Crippen molar-refractivity contribution in [3.63, 3.8) is 0 Å². The van der Waals surface area contributed by atoms with E-state index < -0.39 is 6.09 Å². The Morgan fingerprint density at radius 3 is 2.70 bits per heavy atom. The Labute approximate surface area is 120 Å². The molecule has 4 heteroatoms. The zero-order chi connectivity index (χ0) is 14.5. The van der Waals surface area contributed by atoms with Crippen LogP contribution >= 0.6 is 0 Å². The second-order valence-electron chi connectivity index (χ2n) is 4.36. The fourth-order valence-electron chi connectivity index (χ4n) is 1.69. The van der Waals surface area contributed by atoms with Gasteiger partial charge < -0.3 is 4.74 Å². The second kappa shape index (κ2) is 10.6. The fraction of sp³-hybridized carbons (Fsp3) is 0.375. The highest BCUT2D eigenvalue weighted by atomic mass is 16.5. The first kappa shape index (κ1) is 15.8. The van der Waals surface area contributed by atoms with Gasteiger partial charge in [-0.2, -0.15) is 5.26 Å². The summed E-state index contributed by atoms with van der Waals surface area (Å²) in [5.41, 5.74) is 0.738. The molecule has 1 rings (SSSR count). The molecule has 0 fully saturated rings. The molecule has 0 bridgehead atoms. The van der Waals surface area contributed by atoms with E-state index in [2.05, 4.69) is 5.32 Å². The molecule has 1 amide bonds. The molecular formula is C16H20N2O2. The van der Waals surface area contributed by atoms with Crippen molar-refractivity contribution in [2.24, 2.45) is 0 Å². The minimum atomic E-state index is -0.409. The zero-order valence-corrected chi connectivity index (χ0v) is 11.5. The first-order valence-corrected chi connectivity index (χ1v) is 6.86. The largest absolute Gasteiger partial charge is 0.449 e. The Bertz CT molecular complexity index is 449. The van der Waals surface area contributed by atoms with Crippen molar-refractivity contribution in [3.05, 3.63) is 42.5 Å². The topological polar surface area (TPSA) is 62.1 Å². The molecule has 0 saturated heterocycles. The lowest BCUT2D eigenvalue weighted by Gasteiger charge is -2.06. The third-order valence-electron chi connectivity index (χ3n) is 2.71. The van der Waals surface area contributed by atoms with E-state index in [1.165, 1.54) is 6.08 Å². The zero-order valence-electron chi connectivity index (χ0n) is 11.5. The van der Waals surface area contributed by atoms with E-state index in [1.54, 1.807) is 0 Å². The van der Waals surface area contributed by atoms with Crippen LogP contribution in [-0.4, -0.2) is 12.7 Å². The molecule has 0 aliphatic rings. The molecule has 0 saturated carbocycles. The number of hydrogen-bond acceptors (Lipinski definition) is 3. The van der Waals surface area contributed by atoms with Gasteiger partial charge in [0.15, 0.2) is 0 Å². The number of rotatable bonds is 8. The molecule has 0 atom stereocenters. The number of allylic oxidation sites excluding steroid dienone is 2. The van der Waals surface area contributed by atoms with Crippen LogP contribution in [0.1, 0.15) is 32.1 Å². The average molecular weight is 272 g/mol. The second-order valence-corrected chi connectivity index (χ2v) is 4.36. The highest BCUT2D eigenvalue weighted by Crippen LogP contribution is 2.07. The van der Waals surface area contributed by atoms with Crippen LogP contribution < -0.4 is 5.32 Å². The van der Waals surface area contributed by atoms with Crippen molar-refractivity contribution >= 4 is 11.8 Å². The Balaban J connectivity index is 1.97. The van der Waals surface area contributed by atoms with E-state index in [0.29, 0.717) is 6.61 Å². The highest BCUT2D eigenvalue weighted by Gasteiger charge is 2.01. The van der Waals surface area contributed by atoms with Crippen molar-refractivity contribution in [2.45, 2.75) is 32.1 Å². The molecular weight excluding hydrogens is 252 g/mol. The number of benzene rings is 1. The number of carbonyl (C=O) groups excluding carboxylic acids is 1. The van der Waals surface area contributed by atoms with Crippen molar-refractivity contribution < 1.29 is 9.53 Å². The SMILES string of the molecule is N#C/C=C/CCCCCCOC(=O)Nc1ccccc1. The van der Waals surface area contributed by atoms with Crippen molar-refractivity contribution in [3.8, 4) is 6.07 Å². The molecule has 1 aromatic carbocycles. The molecule has 0 unspecified atom stereocenters. The van der Waals surface area contributed by atoms with Gasteiger partial charge in [-0.1, -0.05) is 37.1 Å². The van der Waals surface area contributed by atoms with Gasteiger partial charge >= 0.3 is 6.09 Å². The lowest BCUT2D eigenvalue weighted by atomic mass is 10.1. The van der Waals surface area contributed by atoms with Crippen LogP contribution in [0.3, 0.4) is 0 Å². The normalized spacial score (nSPS) is 10.2. The van der Waals surface area contributed by atoms with Gasteiger partial charge in [-0.3, -0.25) is 5.32 Å². The van der Waals surface area contributed by atoms with Gasteiger partial charge in [-0.25, -0.2) is 4.79 Å². The van der Waals surface area contributed by atoms with Gasteiger partial charge in [-0.15, -0.1) is 0 Å². The van der Waals surface area contributed by atoms with Crippen LogP contribution in [0.4, 0.5) is 10.5 Å². The number of unbranched alkanes of at least 4 members (excludes halogenated alkanes) is 4. The summed E-state index contributed by atoms with van der Waals surface area (Å²) in [5.74, 6) is 0. The van der Waals surface area contributed by atoms with Crippen LogP contribution in [-0.2, 0) is 4.74 Å². The van der Waals surface area contributed by atoms with Crippen LogP contribution in [0.5, 0.6) is 0 Å². The van der Waals surface area contributed by atoms with Crippen molar-refractivity contribution in [1.29, 1.82) is 5.26 Å². The summed E-state index contributed by atoms with van der Waals surface area (Å²) >= 11 is 0. The number of carbonyl (C=O) groups is 1. The molecule has 20 heavy (non-hydrogen) atoms. The summed E-state index contributed by atoms with van der Waals surface area (Å²) in [6.45, 7) is 0.437. The number of anilines is 1. The monoisotopic (exact) mass is 272 g/mol. The van der Waals surface area contributed by atoms with Gasteiger partial charge in [0, 0.05) is 11.8 Å². The maximum absolute atomic E-state index is 11.4. The predicted molar refractivity (Wildman–Crippen MR) is 79.3 cm³/mol. The predicted octanol–water partition coefficient (Wildman–Crippen LogP) is 4.27. The lowest BCUT2D eigenvalue weighted by molar-refractivity contribution is 0.159. The first-order valence-electron chi connectivity index (χ1n) is 6.86. The highest BCUT2D eigenvalue weighted by molar-refractivity contribution is 5.84. The van der Waals surface area contributed by atoms with Crippen LogP contribution in [0.2, 0.25) is 0 Å². The quantitative estimate of drug-likeness (QED) is 0.568. The summed E-state index contributed by atoms with van der Waals surface area (Å²) in [5, 5.41) is 11.0. The number of nitrogens with one attached hydrogen (secondary N) is 1. The van der Waals surface area contributed by atoms with Crippen LogP contribution in [0.15, 0.2) is 42.5 Å². The Morgan fingerprint density at radius 1 is 1.20 bits per heavy atom. The molecule has 106 valence electrons. The van der Waals surface area contributed by atoms with E-state index in [0.717, 1.165) is 37.8 Å². The summed E-state index contributed by atoms with van der Waals surface area (Å²) < 4.78 is 5.08. The Morgan fingerprint density at radius 2 is 1.95 bits per heavy atom. The Hall–Kier alpha value is -2.28. The smallest absolute Gasteiger partial charge is 0.411 e. The van der Waals surface area contributed by atoms with E-state index >= 15 is 0 Å². The molecule has 0 spiro atoms. The maximum Gasteiger partial charge on any atom is 0.411 e. The van der Waals surface area contributed by atoms with Gasteiger partial charge in [0.25, 0.3) is 0 Å².